The number of carbonyl (C=O) groups excluding carboxylic acids is 1. The predicted octanol–water partition coefficient (Wildman–Crippen LogP) is 0.594. The van der Waals surface area contributed by atoms with Crippen LogP contribution in [0.4, 0.5) is 10.5 Å². The topological polar surface area (TPSA) is 105 Å². The van der Waals surface area contributed by atoms with Crippen LogP contribution in [0.2, 0.25) is 0 Å². The summed E-state index contributed by atoms with van der Waals surface area (Å²) in [6.07, 6.45) is 2.54. The first-order valence-corrected chi connectivity index (χ1v) is 6.29. The molecule has 0 saturated carbocycles. The van der Waals surface area contributed by atoms with Crippen LogP contribution in [-0.2, 0) is 23.0 Å². The number of urea groups is 1. The lowest BCUT2D eigenvalue weighted by Crippen LogP contribution is -2.43. The van der Waals surface area contributed by atoms with E-state index in [1.165, 1.54) is 7.11 Å². The second-order valence-electron chi connectivity index (χ2n) is 4.29. The molecule has 0 spiro atoms. The van der Waals surface area contributed by atoms with E-state index in [1.807, 2.05) is 6.92 Å². The second kappa shape index (κ2) is 7.49. The predicted molar refractivity (Wildman–Crippen MR) is 72.7 cm³/mol. The van der Waals surface area contributed by atoms with Crippen molar-refractivity contribution in [3.05, 3.63) is 11.9 Å². The van der Waals surface area contributed by atoms with Gasteiger partial charge in [0.15, 0.2) is 0 Å². The highest BCUT2D eigenvalue weighted by Crippen LogP contribution is 2.13. The molecule has 0 aromatic carbocycles. The van der Waals surface area contributed by atoms with Crippen LogP contribution in [0.3, 0.4) is 0 Å². The minimum absolute atomic E-state index is 0.201. The van der Waals surface area contributed by atoms with Crippen LogP contribution < -0.4 is 10.6 Å². The molecule has 112 valence electrons. The zero-order chi connectivity index (χ0) is 15.1. The van der Waals surface area contributed by atoms with Gasteiger partial charge in [0.2, 0.25) is 0 Å². The first-order valence-electron chi connectivity index (χ1n) is 6.29. The van der Waals surface area contributed by atoms with Crippen molar-refractivity contribution >= 4 is 17.7 Å². The number of nitrogens with one attached hydrogen (secondary N) is 2. The number of aliphatic carboxylic acids is 1. The molecule has 2 amide bonds. The number of carboxylic acid groups (broad SMARTS) is 1. The van der Waals surface area contributed by atoms with Crippen LogP contribution in [0, 0.1) is 0 Å². The number of nitrogens with zero attached hydrogens (tertiary/aromatic N) is 2. The zero-order valence-corrected chi connectivity index (χ0v) is 11.8. The van der Waals surface area contributed by atoms with E-state index in [-0.39, 0.29) is 13.0 Å². The smallest absolute Gasteiger partial charge is 0.326 e. The lowest BCUT2D eigenvalue weighted by molar-refractivity contribution is -0.139. The number of aryl methyl sites for hydroxylation is 2. The molecular weight excluding hydrogens is 264 g/mol. The molecule has 8 heteroatoms. The Morgan fingerprint density at radius 1 is 1.55 bits per heavy atom. The Hall–Kier alpha value is -2.09. The minimum atomic E-state index is -1.10. The number of aromatic nitrogens is 2. The SMILES string of the molecule is CCc1nn(C)cc1NC(=O)NC(CCOC)C(=O)O. The molecule has 1 aromatic heterocycles. The molecule has 1 heterocycles. The summed E-state index contributed by atoms with van der Waals surface area (Å²) in [6.45, 7) is 2.18. The summed E-state index contributed by atoms with van der Waals surface area (Å²) in [4.78, 5) is 22.8. The third kappa shape index (κ3) is 4.54. The largest absolute Gasteiger partial charge is 0.480 e. The number of methoxy groups -OCH3 is 1. The summed E-state index contributed by atoms with van der Waals surface area (Å²) in [5.41, 5.74) is 1.31. The number of hydrogen-bond donors (Lipinski definition) is 3. The molecule has 8 nitrogen and oxygen atoms in total. The molecule has 3 N–H and O–H groups in total. The Morgan fingerprint density at radius 2 is 2.25 bits per heavy atom. The van der Waals surface area contributed by atoms with Crippen LogP contribution in [0.15, 0.2) is 6.20 Å². The number of ether oxygens (including phenoxy) is 1. The molecule has 1 aromatic rings. The average Bonchev–Trinajstić information content (AvgIpc) is 2.74. The van der Waals surface area contributed by atoms with Crippen molar-refractivity contribution in [1.29, 1.82) is 0 Å². The van der Waals surface area contributed by atoms with E-state index in [0.717, 1.165) is 5.69 Å². The van der Waals surface area contributed by atoms with Crippen molar-refractivity contribution in [2.45, 2.75) is 25.8 Å². The van der Waals surface area contributed by atoms with E-state index in [4.69, 9.17) is 9.84 Å². The number of amides is 2. The summed E-state index contributed by atoms with van der Waals surface area (Å²) in [5, 5.41) is 18.2. The van der Waals surface area contributed by atoms with Gasteiger partial charge in [-0.3, -0.25) is 4.68 Å². The fraction of sp³-hybridized carbons (Fsp3) is 0.583. The van der Waals surface area contributed by atoms with Crippen LogP contribution in [0.5, 0.6) is 0 Å². The van der Waals surface area contributed by atoms with Gasteiger partial charge in [-0.05, 0) is 6.42 Å². The molecule has 0 bridgehead atoms. The van der Waals surface area contributed by atoms with E-state index in [9.17, 15) is 9.59 Å². The van der Waals surface area contributed by atoms with Gasteiger partial charge in [0.05, 0.1) is 11.4 Å². The lowest BCUT2D eigenvalue weighted by atomic mass is 10.2. The van der Waals surface area contributed by atoms with Crippen LogP contribution in [-0.4, -0.2) is 46.6 Å². The van der Waals surface area contributed by atoms with Crippen molar-refractivity contribution < 1.29 is 19.4 Å². The van der Waals surface area contributed by atoms with Gasteiger partial charge >= 0.3 is 12.0 Å². The molecular formula is C12H20N4O4. The van der Waals surface area contributed by atoms with Gasteiger partial charge in [0.1, 0.15) is 6.04 Å². The number of anilines is 1. The van der Waals surface area contributed by atoms with Gasteiger partial charge in [-0.1, -0.05) is 6.92 Å². The molecule has 1 unspecified atom stereocenters. The summed E-state index contributed by atoms with van der Waals surface area (Å²) in [7, 11) is 3.23. The highest BCUT2D eigenvalue weighted by Gasteiger charge is 2.20. The molecule has 0 saturated heterocycles. The zero-order valence-electron chi connectivity index (χ0n) is 11.8. The highest BCUT2D eigenvalue weighted by atomic mass is 16.5. The van der Waals surface area contributed by atoms with Crippen molar-refractivity contribution in [1.82, 2.24) is 15.1 Å². The molecule has 0 radical (unpaired) electrons. The first kappa shape index (κ1) is 16.0. The quantitative estimate of drug-likeness (QED) is 0.679. The minimum Gasteiger partial charge on any atom is -0.480 e. The highest BCUT2D eigenvalue weighted by molar-refractivity contribution is 5.92. The molecule has 1 rings (SSSR count). The maximum Gasteiger partial charge on any atom is 0.326 e. The number of carboxylic acids is 1. The molecule has 0 aliphatic rings. The molecule has 0 aliphatic heterocycles. The summed E-state index contributed by atoms with van der Waals surface area (Å²) >= 11 is 0. The Labute approximate surface area is 117 Å². The normalized spacial score (nSPS) is 11.9. The standard InChI is InChI=1S/C12H20N4O4/c1-4-8-10(7-16(2)15-8)14-12(19)13-9(11(17)18)5-6-20-3/h7,9H,4-6H2,1-3H3,(H,17,18)(H2,13,14,19). The van der Waals surface area contributed by atoms with E-state index < -0.39 is 18.0 Å². The van der Waals surface area contributed by atoms with Gasteiger partial charge in [-0.15, -0.1) is 0 Å². The maximum atomic E-state index is 11.8. The van der Waals surface area contributed by atoms with E-state index in [1.54, 1.807) is 17.9 Å². The summed E-state index contributed by atoms with van der Waals surface area (Å²) < 4.78 is 6.41. The van der Waals surface area contributed by atoms with E-state index >= 15 is 0 Å². The molecule has 0 fully saturated rings. The monoisotopic (exact) mass is 284 g/mol. The number of rotatable bonds is 7. The molecule has 20 heavy (non-hydrogen) atoms. The Bertz CT molecular complexity index is 472. The Balaban J connectivity index is 2.63. The molecule has 0 aliphatic carbocycles. The Kier molecular flexibility index (Phi) is 5.98. The second-order valence-corrected chi connectivity index (χ2v) is 4.29. The molecule has 1 atom stereocenters. The summed E-state index contributed by atoms with van der Waals surface area (Å²) in [5.74, 6) is -1.10. The van der Waals surface area contributed by atoms with Gasteiger partial charge in [0.25, 0.3) is 0 Å². The van der Waals surface area contributed by atoms with Crippen molar-refractivity contribution in [2.24, 2.45) is 7.05 Å². The summed E-state index contributed by atoms with van der Waals surface area (Å²) in [6, 6.07) is -1.56. The van der Waals surface area contributed by atoms with Crippen molar-refractivity contribution in [2.75, 3.05) is 19.0 Å². The first-order chi connectivity index (χ1) is 9.47. The third-order valence-corrected chi connectivity index (χ3v) is 2.70. The van der Waals surface area contributed by atoms with E-state index in [0.29, 0.717) is 12.1 Å². The fourth-order valence-electron chi connectivity index (χ4n) is 1.71. The van der Waals surface area contributed by atoms with Crippen molar-refractivity contribution in [3.63, 3.8) is 0 Å². The van der Waals surface area contributed by atoms with Crippen molar-refractivity contribution in [3.8, 4) is 0 Å². The number of carbonyl (C=O) groups is 2. The van der Waals surface area contributed by atoms with Gasteiger partial charge in [0, 0.05) is 33.4 Å². The maximum absolute atomic E-state index is 11.8. The average molecular weight is 284 g/mol. The lowest BCUT2D eigenvalue weighted by Gasteiger charge is -2.14. The number of hydrogen-bond acceptors (Lipinski definition) is 4. The van der Waals surface area contributed by atoms with Gasteiger partial charge in [-0.25, -0.2) is 9.59 Å². The third-order valence-electron chi connectivity index (χ3n) is 2.70. The van der Waals surface area contributed by atoms with Crippen LogP contribution >= 0.6 is 0 Å². The Morgan fingerprint density at radius 3 is 2.80 bits per heavy atom. The van der Waals surface area contributed by atoms with E-state index in [2.05, 4.69) is 15.7 Å². The van der Waals surface area contributed by atoms with Crippen LogP contribution in [0.1, 0.15) is 19.0 Å². The van der Waals surface area contributed by atoms with Crippen LogP contribution in [0.25, 0.3) is 0 Å². The van der Waals surface area contributed by atoms with Gasteiger partial charge in [-0.2, -0.15) is 5.10 Å². The van der Waals surface area contributed by atoms with Gasteiger partial charge < -0.3 is 20.5 Å². The fourth-order valence-corrected chi connectivity index (χ4v) is 1.71.